The Hall–Kier alpha value is -2.12. The molecule has 0 bridgehead atoms. The quantitative estimate of drug-likeness (QED) is 0.781. The number of alkyl carbamates (subject to hydrolysis) is 1. The molecule has 7 nitrogen and oxygen atoms in total. The zero-order valence-corrected chi connectivity index (χ0v) is 16.3. The Bertz CT molecular complexity index is 627. The van der Waals surface area contributed by atoms with Crippen LogP contribution in [0.1, 0.15) is 33.3 Å². The number of esters is 1. The number of amides is 1. The van der Waals surface area contributed by atoms with Crippen molar-refractivity contribution in [2.75, 3.05) is 13.2 Å². The predicted molar refractivity (Wildman–Crippen MR) is 99.2 cm³/mol. The summed E-state index contributed by atoms with van der Waals surface area (Å²) in [6.45, 7) is 7.02. The second kappa shape index (κ2) is 9.19. The maximum absolute atomic E-state index is 12.4. The molecule has 1 aromatic rings. The fourth-order valence-electron chi connectivity index (χ4n) is 2.87. The van der Waals surface area contributed by atoms with Gasteiger partial charge in [-0.1, -0.05) is 30.3 Å². The average molecular weight is 379 g/mol. The van der Waals surface area contributed by atoms with Crippen LogP contribution >= 0.6 is 0 Å². The minimum Gasteiger partial charge on any atom is -0.458 e. The number of aliphatic hydroxyl groups is 1. The summed E-state index contributed by atoms with van der Waals surface area (Å²) in [6.07, 6.45) is -1.74. The maximum Gasteiger partial charge on any atom is 0.408 e. The molecule has 2 N–H and O–H groups in total. The Balaban J connectivity index is 2.03. The molecule has 2 rings (SSSR count). The van der Waals surface area contributed by atoms with E-state index in [2.05, 4.69) is 5.32 Å². The number of carbonyl (C=O) groups excluding carboxylic acids is 2. The van der Waals surface area contributed by atoms with E-state index in [4.69, 9.17) is 14.2 Å². The molecule has 27 heavy (non-hydrogen) atoms. The molecule has 1 heterocycles. The second-order valence-corrected chi connectivity index (χ2v) is 7.82. The monoisotopic (exact) mass is 379 g/mol. The lowest BCUT2D eigenvalue weighted by Crippen LogP contribution is -2.47. The second-order valence-electron chi connectivity index (χ2n) is 7.82. The van der Waals surface area contributed by atoms with Gasteiger partial charge in [0.25, 0.3) is 0 Å². The Kier molecular flexibility index (Phi) is 7.21. The highest BCUT2D eigenvalue weighted by atomic mass is 16.6. The van der Waals surface area contributed by atoms with Crippen molar-refractivity contribution in [1.82, 2.24) is 5.32 Å². The van der Waals surface area contributed by atoms with Gasteiger partial charge in [0.15, 0.2) is 6.04 Å². The first kappa shape index (κ1) is 21.2. The van der Waals surface area contributed by atoms with Crippen molar-refractivity contribution in [3.05, 3.63) is 35.9 Å². The van der Waals surface area contributed by atoms with Crippen LogP contribution in [0.25, 0.3) is 0 Å². The van der Waals surface area contributed by atoms with Gasteiger partial charge in [0.1, 0.15) is 11.7 Å². The summed E-state index contributed by atoms with van der Waals surface area (Å²) in [5.41, 5.74) is 0.379. The summed E-state index contributed by atoms with van der Waals surface area (Å²) in [4.78, 5) is 24.3. The van der Waals surface area contributed by atoms with E-state index in [0.29, 0.717) is 6.42 Å². The molecule has 0 radical (unpaired) electrons. The van der Waals surface area contributed by atoms with Gasteiger partial charge < -0.3 is 24.6 Å². The molecule has 1 fully saturated rings. The van der Waals surface area contributed by atoms with Crippen LogP contribution in [-0.2, 0) is 25.4 Å². The van der Waals surface area contributed by atoms with Crippen LogP contribution < -0.4 is 5.32 Å². The van der Waals surface area contributed by atoms with Crippen molar-refractivity contribution in [3.8, 4) is 0 Å². The summed E-state index contributed by atoms with van der Waals surface area (Å²) < 4.78 is 16.2. The topological polar surface area (TPSA) is 94.1 Å². The first-order valence-corrected chi connectivity index (χ1v) is 9.15. The van der Waals surface area contributed by atoms with E-state index in [1.54, 1.807) is 27.7 Å². The maximum atomic E-state index is 12.4. The van der Waals surface area contributed by atoms with Crippen molar-refractivity contribution in [2.45, 2.75) is 58.0 Å². The molecule has 0 unspecified atom stereocenters. The third-order valence-corrected chi connectivity index (χ3v) is 4.20. The van der Waals surface area contributed by atoms with E-state index < -0.39 is 35.9 Å². The third kappa shape index (κ3) is 6.84. The van der Waals surface area contributed by atoms with Crippen molar-refractivity contribution in [3.63, 3.8) is 0 Å². The lowest BCUT2D eigenvalue weighted by atomic mass is 9.92. The number of nitrogens with one attached hydrogen (secondary N) is 1. The number of cyclic esters (lactones) is 1. The average Bonchev–Trinajstić information content (AvgIpc) is 2.61. The van der Waals surface area contributed by atoms with Crippen molar-refractivity contribution in [1.29, 1.82) is 0 Å². The van der Waals surface area contributed by atoms with Crippen LogP contribution in [0.3, 0.4) is 0 Å². The third-order valence-electron chi connectivity index (χ3n) is 4.20. The van der Waals surface area contributed by atoms with Crippen molar-refractivity contribution in [2.24, 2.45) is 5.92 Å². The van der Waals surface area contributed by atoms with Crippen LogP contribution in [-0.4, -0.2) is 54.2 Å². The van der Waals surface area contributed by atoms with Crippen LogP contribution in [0, 0.1) is 5.92 Å². The van der Waals surface area contributed by atoms with E-state index in [-0.39, 0.29) is 19.1 Å². The molecule has 0 spiro atoms. The van der Waals surface area contributed by atoms with Crippen LogP contribution in [0.2, 0.25) is 0 Å². The van der Waals surface area contributed by atoms with Gasteiger partial charge in [0.2, 0.25) is 0 Å². The van der Waals surface area contributed by atoms with Gasteiger partial charge in [-0.05, 0) is 39.7 Å². The number of benzene rings is 1. The molecule has 1 saturated heterocycles. The summed E-state index contributed by atoms with van der Waals surface area (Å²) in [5.74, 6) is -0.900. The molecular weight excluding hydrogens is 350 g/mol. The van der Waals surface area contributed by atoms with Crippen molar-refractivity contribution >= 4 is 12.1 Å². The molecule has 1 aliphatic rings. The summed E-state index contributed by atoms with van der Waals surface area (Å²) in [6, 6.07) is 8.75. The van der Waals surface area contributed by atoms with Gasteiger partial charge in [-0.2, -0.15) is 0 Å². The normalized spacial score (nSPS) is 26.9. The molecule has 7 heteroatoms. The predicted octanol–water partition coefficient (Wildman–Crippen LogP) is 2.06. The zero-order chi connectivity index (χ0) is 20.0. The summed E-state index contributed by atoms with van der Waals surface area (Å²) >= 11 is 0. The van der Waals surface area contributed by atoms with Crippen molar-refractivity contribution < 1.29 is 28.9 Å². The number of aliphatic hydroxyl groups excluding tert-OH is 1. The molecule has 0 aromatic heterocycles. The fourth-order valence-corrected chi connectivity index (χ4v) is 2.87. The Morgan fingerprint density at radius 1 is 1.26 bits per heavy atom. The standard InChI is InChI=1S/C20H29NO6/c1-13-17(22)15(10-14-8-6-5-7-9-14)11-25-12-16(18(23)26-13)21-19(24)27-20(2,3)4/h5-9,13,15-17,22H,10-12H2,1-4H3,(H,21,24)/t13-,15-,16-,17-/m0/s1. The molecule has 4 atom stereocenters. The lowest BCUT2D eigenvalue weighted by Gasteiger charge is -2.26. The smallest absolute Gasteiger partial charge is 0.408 e. The summed E-state index contributed by atoms with van der Waals surface area (Å²) in [7, 11) is 0. The number of carbonyl (C=O) groups is 2. The molecule has 150 valence electrons. The molecule has 0 saturated carbocycles. The number of ether oxygens (including phenoxy) is 3. The van der Waals surface area contributed by atoms with E-state index in [1.165, 1.54) is 0 Å². The molecule has 1 aliphatic heterocycles. The van der Waals surface area contributed by atoms with E-state index in [9.17, 15) is 14.7 Å². The molecule has 1 amide bonds. The van der Waals surface area contributed by atoms with Gasteiger partial charge in [-0.3, -0.25) is 0 Å². The Labute approximate surface area is 160 Å². The van der Waals surface area contributed by atoms with E-state index in [1.807, 2.05) is 30.3 Å². The van der Waals surface area contributed by atoms with Gasteiger partial charge >= 0.3 is 12.1 Å². The first-order chi connectivity index (χ1) is 12.7. The van der Waals surface area contributed by atoms with Gasteiger partial charge in [-0.15, -0.1) is 0 Å². The van der Waals surface area contributed by atoms with Crippen LogP contribution in [0.5, 0.6) is 0 Å². The number of hydrogen-bond acceptors (Lipinski definition) is 6. The highest BCUT2D eigenvalue weighted by Gasteiger charge is 2.34. The van der Waals surface area contributed by atoms with E-state index in [0.717, 1.165) is 5.56 Å². The number of hydrogen-bond donors (Lipinski definition) is 2. The zero-order valence-electron chi connectivity index (χ0n) is 16.3. The fraction of sp³-hybridized carbons (Fsp3) is 0.600. The Morgan fingerprint density at radius 3 is 2.56 bits per heavy atom. The number of rotatable bonds is 3. The molecule has 0 aliphatic carbocycles. The highest BCUT2D eigenvalue weighted by molar-refractivity contribution is 5.81. The molecular formula is C20H29NO6. The van der Waals surface area contributed by atoms with Crippen LogP contribution in [0.4, 0.5) is 4.79 Å². The first-order valence-electron chi connectivity index (χ1n) is 9.15. The van der Waals surface area contributed by atoms with Gasteiger partial charge in [-0.25, -0.2) is 9.59 Å². The van der Waals surface area contributed by atoms with Gasteiger partial charge in [0, 0.05) is 5.92 Å². The lowest BCUT2D eigenvalue weighted by molar-refractivity contribution is -0.157. The summed E-state index contributed by atoms with van der Waals surface area (Å²) in [5, 5.41) is 13.1. The minimum atomic E-state index is -0.995. The minimum absolute atomic E-state index is 0.0528. The Morgan fingerprint density at radius 2 is 1.93 bits per heavy atom. The SMILES string of the molecule is C[C@@H]1OC(=O)[C@@H](NC(=O)OC(C)(C)C)COC[C@H](Cc2ccccc2)[C@H]1O. The van der Waals surface area contributed by atoms with Gasteiger partial charge in [0.05, 0.1) is 19.3 Å². The van der Waals surface area contributed by atoms with E-state index >= 15 is 0 Å². The van der Waals surface area contributed by atoms with Crippen LogP contribution in [0.15, 0.2) is 30.3 Å². The molecule has 1 aromatic carbocycles. The largest absolute Gasteiger partial charge is 0.458 e. The highest BCUT2D eigenvalue weighted by Crippen LogP contribution is 2.20.